The molecule has 1 aromatic rings. The van der Waals surface area contributed by atoms with Crippen LogP contribution >= 0.6 is 0 Å². The van der Waals surface area contributed by atoms with Gasteiger partial charge in [0, 0.05) is 12.1 Å². The summed E-state index contributed by atoms with van der Waals surface area (Å²) < 4.78 is 0.583. The van der Waals surface area contributed by atoms with Crippen molar-refractivity contribution >= 4 is 12.4 Å². The average Bonchev–Trinajstić information content (AvgIpc) is 1.90. The summed E-state index contributed by atoms with van der Waals surface area (Å²) in [6.07, 6.45) is 0. The summed E-state index contributed by atoms with van der Waals surface area (Å²) >= 11 is 0. The van der Waals surface area contributed by atoms with Crippen molar-refractivity contribution in [3.63, 3.8) is 0 Å². The van der Waals surface area contributed by atoms with Gasteiger partial charge in [-0.2, -0.15) is 4.74 Å². The van der Waals surface area contributed by atoms with E-state index in [4.69, 9.17) is 0 Å². The molecular weight excluding hydrogens is 114 g/mol. The van der Waals surface area contributed by atoms with Crippen LogP contribution in [0, 0.1) is 5.21 Å². The Balaban J connectivity index is 2.98. The zero-order valence-corrected chi connectivity index (χ0v) is 4.95. The third-order valence-corrected chi connectivity index (χ3v) is 1.04. The fraction of sp³-hybridized carbons (Fsp3) is 0. The fourth-order valence-corrected chi connectivity index (χ4v) is 0.594. The predicted octanol–water partition coefficient (Wildman–Crippen LogP) is 1.53. The van der Waals surface area contributed by atoms with Gasteiger partial charge in [0.1, 0.15) is 6.72 Å². The topological polar surface area (TPSA) is 26.1 Å². The van der Waals surface area contributed by atoms with E-state index >= 15 is 0 Å². The first-order valence-electron chi connectivity index (χ1n) is 2.63. The maximum absolute atomic E-state index is 10.5. The molecule has 9 heavy (non-hydrogen) atoms. The Morgan fingerprint density at radius 3 is 2.11 bits per heavy atom. The van der Waals surface area contributed by atoms with Crippen LogP contribution in [0.15, 0.2) is 30.3 Å². The molecule has 0 amide bonds. The molecule has 0 N–H and O–H groups in total. The minimum atomic E-state index is 0.581. The van der Waals surface area contributed by atoms with Gasteiger partial charge in [-0.1, -0.05) is 18.2 Å². The minimum Gasteiger partial charge on any atom is -0.619 e. The molecule has 0 bridgehead atoms. The first-order valence-corrected chi connectivity index (χ1v) is 2.63. The van der Waals surface area contributed by atoms with E-state index in [0.29, 0.717) is 10.4 Å². The molecule has 0 heterocycles. The minimum absolute atomic E-state index is 0.581. The van der Waals surface area contributed by atoms with E-state index in [-0.39, 0.29) is 0 Å². The van der Waals surface area contributed by atoms with Gasteiger partial charge in [0.15, 0.2) is 0 Å². The first-order chi connectivity index (χ1) is 4.30. The Labute approximate surface area is 53.6 Å². The SMILES string of the molecule is C=[N+]([O-])c1ccccc1. The van der Waals surface area contributed by atoms with Crippen LogP contribution in [0.2, 0.25) is 0 Å². The second kappa shape index (κ2) is 2.31. The largest absolute Gasteiger partial charge is 0.619 e. The van der Waals surface area contributed by atoms with Gasteiger partial charge in [-0.25, -0.2) is 0 Å². The number of nitrogens with zero attached hydrogens (tertiary/aromatic N) is 1. The van der Waals surface area contributed by atoms with Crippen LogP contribution in [-0.2, 0) is 0 Å². The number of para-hydroxylation sites is 1. The molecule has 0 spiro atoms. The molecule has 2 heteroatoms. The molecule has 0 aliphatic heterocycles. The maximum atomic E-state index is 10.5. The first kappa shape index (κ1) is 5.82. The van der Waals surface area contributed by atoms with Gasteiger partial charge in [0.05, 0.1) is 0 Å². The van der Waals surface area contributed by atoms with Crippen molar-refractivity contribution in [3.8, 4) is 0 Å². The summed E-state index contributed by atoms with van der Waals surface area (Å²) in [4.78, 5) is 0. The predicted molar refractivity (Wildman–Crippen MR) is 36.9 cm³/mol. The molecule has 0 saturated carbocycles. The quantitative estimate of drug-likeness (QED) is 0.239. The zero-order chi connectivity index (χ0) is 6.69. The van der Waals surface area contributed by atoms with Gasteiger partial charge in [-0.05, 0) is 0 Å². The highest BCUT2D eigenvalue weighted by molar-refractivity contribution is 5.33. The van der Waals surface area contributed by atoms with E-state index in [9.17, 15) is 5.21 Å². The molecule has 0 radical (unpaired) electrons. The number of benzene rings is 1. The number of rotatable bonds is 1. The molecule has 0 atom stereocenters. The van der Waals surface area contributed by atoms with Crippen LogP contribution in [0.1, 0.15) is 0 Å². The van der Waals surface area contributed by atoms with Gasteiger partial charge < -0.3 is 5.21 Å². The maximum Gasteiger partial charge on any atom is 0.215 e. The zero-order valence-electron chi connectivity index (χ0n) is 4.95. The highest BCUT2D eigenvalue weighted by atomic mass is 16.5. The van der Waals surface area contributed by atoms with Gasteiger partial charge in [-0.3, -0.25) is 0 Å². The third kappa shape index (κ3) is 1.29. The lowest BCUT2D eigenvalue weighted by molar-refractivity contribution is -0.349. The van der Waals surface area contributed by atoms with Crippen LogP contribution in [0.4, 0.5) is 5.69 Å². The molecule has 1 aromatic carbocycles. The lowest BCUT2D eigenvalue weighted by Crippen LogP contribution is -1.86. The van der Waals surface area contributed by atoms with E-state index in [0.717, 1.165) is 0 Å². The van der Waals surface area contributed by atoms with Gasteiger partial charge in [-0.15, -0.1) is 0 Å². The van der Waals surface area contributed by atoms with E-state index in [1.54, 1.807) is 24.3 Å². The summed E-state index contributed by atoms with van der Waals surface area (Å²) in [7, 11) is 0. The molecule has 0 unspecified atom stereocenters. The van der Waals surface area contributed by atoms with Crippen LogP contribution in [0.3, 0.4) is 0 Å². The molecule has 0 aliphatic rings. The Bertz CT molecular complexity index is 205. The Morgan fingerprint density at radius 1 is 1.22 bits per heavy atom. The van der Waals surface area contributed by atoms with Crippen molar-refractivity contribution in [2.24, 2.45) is 0 Å². The van der Waals surface area contributed by atoms with Crippen LogP contribution in [0.5, 0.6) is 0 Å². The van der Waals surface area contributed by atoms with Crippen molar-refractivity contribution < 1.29 is 4.74 Å². The van der Waals surface area contributed by atoms with Crippen LogP contribution in [-0.4, -0.2) is 11.5 Å². The molecule has 0 fully saturated rings. The monoisotopic (exact) mass is 121 g/mol. The molecule has 0 saturated heterocycles. The summed E-state index contributed by atoms with van der Waals surface area (Å²) in [5.41, 5.74) is 0.581. The summed E-state index contributed by atoms with van der Waals surface area (Å²) in [6.45, 7) is 3.19. The second-order valence-electron chi connectivity index (χ2n) is 1.71. The standard InChI is InChI=1S/C7H7NO/c1-8(9)7-5-3-2-4-6-7/h2-6H,1H2. The molecule has 2 nitrogen and oxygen atoms in total. The second-order valence-corrected chi connectivity index (χ2v) is 1.71. The normalized spacial score (nSPS) is 8.89. The highest BCUT2D eigenvalue weighted by Crippen LogP contribution is 2.06. The Kier molecular flexibility index (Phi) is 1.49. The lowest BCUT2D eigenvalue weighted by Gasteiger charge is -1.96. The summed E-state index contributed by atoms with van der Waals surface area (Å²) in [5.74, 6) is 0. The van der Waals surface area contributed by atoms with E-state index < -0.39 is 0 Å². The van der Waals surface area contributed by atoms with Crippen LogP contribution in [0.25, 0.3) is 0 Å². The molecule has 46 valence electrons. The van der Waals surface area contributed by atoms with Crippen molar-refractivity contribution in [2.75, 3.05) is 0 Å². The lowest BCUT2D eigenvalue weighted by atomic mass is 10.3. The molecular formula is C7H7NO. The molecule has 0 aliphatic carbocycles. The smallest absolute Gasteiger partial charge is 0.215 e. The van der Waals surface area contributed by atoms with E-state index in [1.807, 2.05) is 6.07 Å². The van der Waals surface area contributed by atoms with E-state index in [2.05, 4.69) is 6.72 Å². The summed E-state index contributed by atoms with van der Waals surface area (Å²) in [5, 5.41) is 10.5. The summed E-state index contributed by atoms with van der Waals surface area (Å²) in [6, 6.07) is 8.86. The van der Waals surface area contributed by atoms with Gasteiger partial charge in [0.2, 0.25) is 5.69 Å². The van der Waals surface area contributed by atoms with E-state index in [1.165, 1.54) is 0 Å². The Morgan fingerprint density at radius 2 is 1.78 bits per heavy atom. The van der Waals surface area contributed by atoms with Gasteiger partial charge >= 0.3 is 0 Å². The highest BCUT2D eigenvalue weighted by Gasteiger charge is 1.91. The number of hydrogen-bond acceptors (Lipinski definition) is 1. The molecule has 0 aromatic heterocycles. The molecule has 1 rings (SSSR count). The number of hydrogen-bond donors (Lipinski definition) is 0. The average molecular weight is 121 g/mol. The van der Waals surface area contributed by atoms with Crippen molar-refractivity contribution in [3.05, 3.63) is 35.5 Å². The van der Waals surface area contributed by atoms with Crippen molar-refractivity contribution in [2.45, 2.75) is 0 Å². The fourth-order valence-electron chi connectivity index (χ4n) is 0.594. The van der Waals surface area contributed by atoms with Crippen molar-refractivity contribution in [1.29, 1.82) is 0 Å². The Hall–Kier alpha value is -1.31. The van der Waals surface area contributed by atoms with Gasteiger partial charge in [0.25, 0.3) is 0 Å². The van der Waals surface area contributed by atoms with Crippen LogP contribution < -0.4 is 0 Å². The third-order valence-electron chi connectivity index (χ3n) is 1.04. The van der Waals surface area contributed by atoms with Crippen molar-refractivity contribution in [1.82, 2.24) is 0 Å².